The average molecular weight is 175 g/mol. The van der Waals surface area contributed by atoms with Gasteiger partial charge in [-0.3, -0.25) is 0 Å². The third-order valence-electron chi connectivity index (χ3n) is 1.96. The molecule has 3 nitrogen and oxygen atoms in total. The van der Waals surface area contributed by atoms with Crippen LogP contribution < -0.4 is 0 Å². The molecule has 0 aromatic carbocycles. The Morgan fingerprint density at radius 2 is 1.62 bits per heavy atom. The van der Waals surface area contributed by atoms with E-state index in [2.05, 4.69) is 15.8 Å². The first-order valence-electron chi connectivity index (χ1n) is 4.38. The highest BCUT2D eigenvalue weighted by Gasteiger charge is 2.10. The van der Waals surface area contributed by atoms with Crippen molar-refractivity contribution in [1.29, 1.82) is 5.26 Å². The van der Waals surface area contributed by atoms with Crippen molar-refractivity contribution in [1.82, 2.24) is 0 Å². The highest BCUT2D eigenvalue weighted by atomic mass is 14.6. The molecule has 0 aliphatic carbocycles. The first kappa shape index (κ1) is 11.5. The van der Waals surface area contributed by atoms with E-state index in [1.54, 1.807) is 0 Å². The van der Waals surface area contributed by atoms with Gasteiger partial charge in [-0.25, -0.2) is 13.1 Å². The molecular formula is C10H13N3. The molecule has 0 aliphatic rings. The normalized spacial score (nSPS) is 8.77. The van der Waals surface area contributed by atoms with Crippen molar-refractivity contribution in [2.45, 2.75) is 25.7 Å². The second-order valence-corrected chi connectivity index (χ2v) is 2.90. The van der Waals surface area contributed by atoms with Gasteiger partial charge in [-0.2, -0.15) is 5.26 Å². The maximum atomic E-state index is 8.40. The fraction of sp³-hybridized carbons (Fsp3) is 0.700. The van der Waals surface area contributed by atoms with Crippen LogP contribution in [0.15, 0.2) is 0 Å². The van der Waals surface area contributed by atoms with E-state index in [4.69, 9.17) is 18.4 Å². The van der Waals surface area contributed by atoms with Crippen molar-refractivity contribution in [3.05, 3.63) is 22.8 Å². The monoisotopic (exact) mass is 175 g/mol. The summed E-state index contributed by atoms with van der Waals surface area (Å²) in [6.07, 6.45) is 3.05. The predicted octanol–water partition coefficient (Wildman–Crippen LogP) is 2.53. The van der Waals surface area contributed by atoms with Crippen molar-refractivity contribution in [2.75, 3.05) is 13.1 Å². The number of nitriles is 1. The molecule has 0 saturated carbocycles. The summed E-state index contributed by atoms with van der Waals surface area (Å²) >= 11 is 0. The SMILES string of the molecule is [C-]#[N+]CCC(CCC#N)CC[N+]#[C-]. The Bertz CT molecular complexity index is 196. The molecule has 0 amide bonds. The van der Waals surface area contributed by atoms with Crippen molar-refractivity contribution in [3.8, 4) is 6.07 Å². The summed E-state index contributed by atoms with van der Waals surface area (Å²) in [5, 5.41) is 8.40. The molecule has 0 spiro atoms. The van der Waals surface area contributed by atoms with Crippen LogP contribution in [0.3, 0.4) is 0 Å². The van der Waals surface area contributed by atoms with E-state index in [1.165, 1.54) is 0 Å². The van der Waals surface area contributed by atoms with Gasteiger partial charge in [-0.15, -0.1) is 0 Å². The Hall–Kier alpha value is -1.53. The zero-order chi connectivity index (χ0) is 9.94. The van der Waals surface area contributed by atoms with Crippen molar-refractivity contribution in [2.24, 2.45) is 5.92 Å². The van der Waals surface area contributed by atoms with E-state index < -0.39 is 0 Å². The van der Waals surface area contributed by atoms with Crippen molar-refractivity contribution < 1.29 is 0 Å². The summed E-state index contributed by atoms with van der Waals surface area (Å²) in [5.41, 5.74) is 0. The minimum atomic E-state index is 0.392. The Kier molecular flexibility index (Phi) is 7.56. The van der Waals surface area contributed by atoms with E-state index in [0.29, 0.717) is 25.4 Å². The number of hydrogen-bond acceptors (Lipinski definition) is 1. The summed E-state index contributed by atoms with van der Waals surface area (Å²) in [5.74, 6) is 0.392. The molecule has 0 aromatic rings. The number of hydrogen-bond donors (Lipinski definition) is 0. The van der Waals surface area contributed by atoms with Crippen LogP contribution in [0.4, 0.5) is 0 Å². The van der Waals surface area contributed by atoms with Crippen LogP contribution in [0.1, 0.15) is 25.7 Å². The lowest BCUT2D eigenvalue weighted by molar-refractivity contribution is 0.453. The third-order valence-corrected chi connectivity index (χ3v) is 1.96. The first-order valence-corrected chi connectivity index (χ1v) is 4.38. The average Bonchev–Trinajstić information content (AvgIpc) is 2.17. The molecule has 0 saturated heterocycles. The van der Waals surface area contributed by atoms with Crippen molar-refractivity contribution >= 4 is 0 Å². The van der Waals surface area contributed by atoms with Gasteiger partial charge < -0.3 is 9.69 Å². The standard InChI is InChI=1S/C10H13N3/c1-12-8-5-10(4-3-7-11)6-9-13-2/h10H,3-6,8-9H2. The second-order valence-electron chi connectivity index (χ2n) is 2.90. The summed E-state index contributed by atoms with van der Waals surface area (Å²) in [6.45, 7) is 14.3. The Labute approximate surface area is 79.6 Å². The van der Waals surface area contributed by atoms with E-state index in [1.807, 2.05) is 0 Å². The second kappa shape index (κ2) is 8.57. The Balaban J connectivity index is 3.70. The quantitative estimate of drug-likeness (QED) is 0.571. The van der Waals surface area contributed by atoms with Gasteiger partial charge in [0.15, 0.2) is 0 Å². The molecule has 0 rings (SSSR count). The fourth-order valence-electron chi connectivity index (χ4n) is 1.20. The fourth-order valence-corrected chi connectivity index (χ4v) is 1.20. The highest BCUT2D eigenvalue weighted by Crippen LogP contribution is 2.15. The van der Waals surface area contributed by atoms with Gasteiger partial charge in [0.1, 0.15) is 0 Å². The zero-order valence-corrected chi connectivity index (χ0v) is 7.66. The highest BCUT2D eigenvalue weighted by molar-refractivity contribution is 4.76. The molecular weight excluding hydrogens is 162 g/mol. The van der Waals surface area contributed by atoms with Crippen LogP contribution in [0.25, 0.3) is 9.69 Å². The van der Waals surface area contributed by atoms with Gasteiger partial charge in [0.25, 0.3) is 0 Å². The van der Waals surface area contributed by atoms with E-state index in [9.17, 15) is 0 Å². The van der Waals surface area contributed by atoms with Crippen LogP contribution in [0.2, 0.25) is 0 Å². The van der Waals surface area contributed by atoms with Crippen molar-refractivity contribution in [3.63, 3.8) is 0 Å². The molecule has 0 atom stereocenters. The summed E-state index contributed by atoms with van der Waals surface area (Å²) in [7, 11) is 0. The first-order chi connectivity index (χ1) is 6.35. The molecule has 0 radical (unpaired) electrons. The lowest BCUT2D eigenvalue weighted by atomic mass is 9.96. The molecule has 0 heterocycles. The minimum absolute atomic E-state index is 0.392. The summed E-state index contributed by atoms with van der Waals surface area (Å²) in [4.78, 5) is 6.56. The zero-order valence-electron chi connectivity index (χ0n) is 7.66. The van der Waals surface area contributed by atoms with Crippen LogP contribution in [0, 0.1) is 30.4 Å². The molecule has 0 aliphatic heterocycles. The van der Waals surface area contributed by atoms with E-state index >= 15 is 0 Å². The van der Waals surface area contributed by atoms with E-state index in [-0.39, 0.29) is 0 Å². The number of nitrogens with zero attached hydrogens (tertiary/aromatic N) is 3. The molecule has 0 bridgehead atoms. The van der Waals surface area contributed by atoms with Gasteiger partial charge in [0.05, 0.1) is 6.07 Å². The molecule has 0 N–H and O–H groups in total. The van der Waals surface area contributed by atoms with Gasteiger partial charge in [0.2, 0.25) is 13.1 Å². The van der Waals surface area contributed by atoms with Gasteiger partial charge in [0, 0.05) is 19.3 Å². The molecule has 0 unspecified atom stereocenters. The molecule has 0 fully saturated rings. The maximum absolute atomic E-state index is 8.40. The lowest BCUT2D eigenvalue weighted by Gasteiger charge is -2.07. The summed E-state index contributed by atoms with van der Waals surface area (Å²) < 4.78 is 0. The van der Waals surface area contributed by atoms with Gasteiger partial charge in [-0.1, -0.05) is 0 Å². The van der Waals surface area contributed by atoms with Crippen LogP contribution in [-0.4, -0.2) is 13.1 Å². The van der Waals surface area contributed by atoms with Crippen LogP contribution in [0.5, 0.6) is 0 Å². The number of rotatable bonds is 6. The predicted molar refractivity (Wildman–Crippen MR) is 50.5 cm³/mol. The minimum Gasteiger partial charge on any atom is -0.317 e. The van der Waals surface area contributed by atoms with E-state index in [0.717, 1.165) is 19.3 Å². The van der Waals surface area contributed by atoms with Gasteiger partial charge in [-0.05, 0) is 12.3 Å². The summed E-state index contributed by atoms with van der Waals surface area (Å²) in [6, 6.07) is 2.10. The molecule has 3 heteroatoms. The third kappa shape index (κ3) is 6.85. The molecule has 0 aromatic heterocycles. The van der Waals surface area contributed by atoms with Gasteiger partial charge >= 0.3 is 0 Å². The largest absolute Gasteiger partial charge is 0.317 e. The molecule has 68 valence electrons. The smallest absolute Gasteiger partial charge is 0.214 e. The Morgan fingerprint density at radius 3 is 2.00 bits per heavy atom. The molecule has 13 heavy (non-hydrogen) atoms. The Morgan fingerprint density at radius 1 is 1.08 bits per heavy atom. The van der Waals surface area contributed by atoms with Crippen LogP contribution in [-0.2, 0) is 0 Å². The maximum Gasteiger partial charge on any atom is 0.214 e. The topological polar surface area (TPSA) is 32.5 Å². The lowest BCUT2D eigenvalue weighted by Crippen LogP contribution is -2.03. The van der Waals surface area contributed by atoms with Crippen LogP contribution >= 0.6 is 0 Å².